The Bertz CT molecular complexity index is 956. The fraction of sp³-hybridized carbons (Fsp3) is 0.526. The Morgan fingerprint density at radius 2 is 2.23 bits per heavy atom. The average Bonchev–Trinajstić information content (AvgIpc) is 3.08. The number of rotatable bonds is 6. The molecule has 3 rings (SSSR count). The van der Waals surface area contributed by atoms with Crippen LogP contribution in [0, 0.1) is 5.82 Å². The lowest BCUT2D eigenvalue weighted by molar-refractivity contribution is -0.146. The third-order valence-electron chi connectivity index (χ3n) is 4.90. The van der Waals surface area contributed by atoms with Gasteiger partial charge in [-0.3, -0.25) is 4.72 Å². The summed E-state index contributed by atoms with van der Waals surface area (Å²) in [6.45, 7) is 3.92. The summed E-state index contributed by atoms with van der Waals surface area (Å²) in [7, 11) is -4.11. The van der Waals surface area contributed by atoms with E-state index in [4.69, 9.17) is 25.8 Å². The van der Waals surface area contributed by atoms with Crippen LogP contribution in [0.25, 0.3) is 0 Å². The smallest absolute Gasteiger partial charge is 0.335 e. The Balaban J connectivity index is 1.93. The van der Waals surface area contributed by atoms with Crippen molar-refractivity contribution in [2.75, 3.05) is 17.9 Å². The number of halogens is 3. The summed E-state index contributed by atoms with van der Waals surface area (Å²) in [5.74, 6) is -2.55. The largest absolute Gasteiger partial charge is 0.463 e. The third kappa shape index (κ3) is 4.99. The van der Waals surface area contributed by atoms with Crippen LogP contribution in [-0.4, -0.2) is 49.6 Å². The Morgan fingerprint density at radius 3 is 2.83 bits per heavy atom. The summed E-state index contributed by atoms with van der Waals surface area (Å²) >= 11 is 9.40. The zero-order chi connectivity index (χ0) is 22.1. The van der Waals surface area contributed by atoms with E-state index in [1.807, 2.05) is 6.92 Å². The van der Waals surface area contributed by atoms with Crippen LogP contribution < -0.4 is 4.72 Å². The second-order valence-corrected chi connectivity index (χ2v) is 10.8. The first-order valence-corrected chi connectivity index (χ1v) is 12.2. The maximum absolute atomic E-state index is 13.3. The molecular weight excluding hydrogens is 505 g/mol. The molecule has 1 aliphatic heterocycles. The monoisotopic (exact) mass is 525 g/mol. The number of anilines is 1. The predicted octanol–water partition coefficient (Wildman–Crippen LogP) is 3.77. The van der Waals surface area contributed by atoms with Crippen LogP contribution in [-0.2, 0) is 29.0 Å². The Labute approximate surface area is 188 Å². The molecule has 7 nitrogen and oxygen atoms in total. The first-order valence-electron chi connectivity index (χ1n) is 9.39. The summed E-state index contributed by atoms with van der Waals surface area (Å²) in [6, 6.07) is 3.31. The quantitative estimate of drug-likeness (QED) is 0.448. The molecular formula is C19H22BrClFNO6S. The van der Waals surface area contributed by atoms with Crippen LogP contribution >= 0.6 is 27.5 Å². The van der Waals surface area contributed by atoms with Crippen LogP contribution in [0.1, 0.15) is 26.7 Å². The van der Waals surface area contributed by atoms with Gasteiger partial charge in [0.2, 0.25) is 10.0 Å². The van der Waals surface area contributed by atoms with Crippen molar-refractivity contribution in [3.05, 3.63) is 40.7 Å². The molecule has 0 radical (unpaired) electrons. The minimum Gasteiger partial charge on any atom is -0.463 e. The number of esters is 1. The zero-order valence-electron chi connectivity index (χ0n) is 16.4. The van der Waals surface area contributed by atoms with E-state index >= 15 is 0 Å². The number of alkyl halides is 1. The highest BCUT2D eigenvalue weighted by atomic mass is 79.9. The van der Waals surface area contributed by atoms with E-state index in [0.717, 1.165) is 12.1 Å². The van der Waals surface area contributed by atoms with Gasteiger partial charge < -0.3 is 14.2 Å². The molecule has 0 aromatic heterocycles. The van der Waals surface area contributed by atoms with Crippen molar-refractivity contribution in [1.29, 1.82) is 0 Å². The summed E-state index contributed by atoms with van der Waals surface area (Å²) < 4.78 is 58.7. The molecule has 1 saturated heterocycles. The van der Waals surface area contributed by atoms with Gasteiger partial charge in [0.15, 0.2) is 5.79 Å². The second-order valence-electron chi connectivity index (χ2n) is 7.08. The van der Waals surface area contributed by atoms with Crippen molar-refractivity contribution in [2.24, 2.45) is 0 Å². The maximum Gasteiger partial charge on any atom is 0.335 e. The molecule has 30 heavy (non-hydrogen) atoms. The Kier molecular flexibility index (Phi) is 7.13. The van der Waals surface area contributed by atoms with Crippen LogP contribution in [0.4, 0.5) is 10.1 Å². The van der Waals surface area contributed by atoms with Crippen molar-refractivity contribution >= 4 is 49.2 Å². The van der Waals surface area contributed by atoms with Gasteiger partial charge in [-0.05, 0) is 37.6 Å². The fourth-order valence-electron chi connectivity index (χ4n) is 3.39. The molecule has 2 aliphatic rings. The van der Waals surface area contributed by atoms with Crippen molar-refractivity contribution in [1.82, 2.24) is 0 Å². The van der Waals surface area contributed by atoms with Gasteiger partial charge in [0, 0.05) is 11.2 Å². The van der Waals surface area contributed by atoms with Crippen LogP contribution in [0.3, 0.4) is 0 Å². The Hall–Kier alpha value is -1.20. The van der Waals surface area contributed by atoms with E-state index in [1.165, 1.54) is 12.1 Å². The molecule has 1 heterocycles. The highest BCUT2D eigenvalue weighted by molar-refractivity contribution is 9.09. The highest BCUT2D eigenvalue weighted by Gasteiger charge is 2.49. The van der Waals surface area contributed by atoms with Gasteiger partial charge in [0.25, 0.3) is 0 Å². The summed E-state index contributed by atoms with van der Waals surface area (Å²) in [6.07, 6.45) is 1.45. The SMILES string of the molecule is CCOC(=O)C1=CC2(CCC1S(=O)(=O)Nc1ccc(F)cc1Cl)OCC(C(C)Br)O2. The summed E-state index contributed by atoms with van der Waals surface area (Å²) in [4.78, 5) is 12.6. The lowest BCUT2D eigenvalue weighted by Crippen LogP contribution is -2.42. The molecule has 1 aliphatic carbocycles. The summed E-state index contributed by atoms with van der Waals surface area (Å²) in [5.41, 5.74) is -0.0557. The first-order chi connectivity index (χ1) is 14.1. The number of hydrogen-bond acceptors (Lipinski definition) is 6. The molecule has 1 N–H and O–H groups in total. The number of carbonyl (C=O) groups excluding carboxylic acids is 1. The lowest BCUT2D eigenvalue weighted by atomic mass is 9.94. The number of carbonyl (C=O) groups is 1. The molecule has 4 atom stereocenters. The van der Waals surface area contributed by atoms with Gasteiger partial charge in [-0.25, -0.2) is 17.6 Å². The van der Waals surface area contributed by atoms with Gasteiger partial charge in [-0.2, -0.15) is 0 Å². The molecule has 1 spiro atoms. The molecule has 0 amide bonds. The van der Waals surface area contributed by atoms with Crippen molar-refractivity contribution in [3.8, 4) is 0 Å². The van der Waals surface area contributed by atoms with E-state index in [-0.39, 0.29) is 46.7 Å². The number of sulfonamides is 1. The molecule has 11 heteroatoms. The van der Waals surface area contributed by atoms with Gasteiger partial charge >= 0.3 is 5.97 Å². The van der Waals surface area contributed by atoms with E-state index in [1.54, 1.807) is 6.92 Å². The molecule has 1 fully saturated rings. The number of benzene rings is 1. The van der Waals surface area contributed by atoms with Gasteiger partial charge in [-0.15, -0.1) is 0 Å². The normalized spacial score (nSPS) is 27.6. The molecule has 1 aromatic rings. The minimum atomic E-state index is -4.11. The van der Waals surface area contributed by atoms with E-state index in [9.17, 15) is 17.6 Å². The van der Waals surface area contributed by atoms with Crippen molar-refractivity contribution in [3.63, 3.8) is 0 Å². The van der Waals surface area contributed by atoms with Crippen LogP contribution in [0.2, 0.25) is 5.02 Å². The number of ether oxygens (including phenoxy) is 3. The molecule has 4 unspecified atom stereocenters. The van der Waals surface area contributed by atoms with E-state index in [0.29, 0.717) is 6.61 Å². The summed E-state index contributed by atoms with van der Waals surface area (Å²) in [5, 5.41) is -1.31. The Morgan fingerprint density at radius 1 is 1.50 bits per heavy atom. The van der Waals surface area contributed by atoms with Crippen molar-refractivity contribution in [2.45, 2.75) is 48.7 Å². The molecule has 1 aromatic carbocycles. The van der Waals surface area contributed by atoms with E-state index < -0.39 is 32.8 Å². The number of hydrogen-bond donors (Lipinski definition) is 1. The van der Waals surface area contributed by atoms with Crippen LogP contribution in [0.5, 0.6) is 0 Å². The van der Waals surface area contributed by atoms with Gasteiger partial charge in [0.1, 0.15) is 11.1 Å². The highest BCUT2D eigenvalue weighted by Crippen LogP contribution is 2.40. The van der Waals surface area contributed by atoms with Gasteiger partial charge in [0.05, 0.1) is 35.6 Å². The predicted molar refractivity (Wildman–Crippen MR) is 114 cm³/mol. The first kappa shape index (κ1) is 23.5. The third-order valence-corrected chi connectivity index (χ3v) is 7.55. The molecule has 0 saturated carbocycles. The van der Waals surface area contributed by atoms with Gasteiger partial charge in [-0.1, -0.05) is 34.5 Å². The van der Waals surface area contributed by atoms with E-state index in [2.05, 4.69) is 20.7 Å². The fourth-order valence-corrected chi connectivity index (χ4v) is 5.48. The topological polar surface area (TPSA) is 90.9 Å². The number of nitrogens with one attached hydrogen (secondary N) is 1. The van der Waals surface area contributed by atoms with Crippen LogP contribution in [0.15, 0.2) is 29.8 Å². The second kappa shape index (κ2) is 9.12. The standard InChI is InChI=1S/C19H22BrClFNO6S/c1-3-27-18(24)13-9-19(28-10-16(29-19)11(2)20)7-6-17(13)30(25,26)23-15-5-4-12(22)8-14(15)21/h4-5,8-9,11,16-17,23H,3,6-7,10H2,1-2H3. The van der Waals surface area contributed by atoms with Crippen molar-refractivity contribution < 1.29 is 31.8 Å². The lowest BCUT2D eigenvalue weighted by Gasteiger charge is -2.33. The molecule has 0 bridgehead atoms. The minimum absolute atomic E-state index is 0.0139. The zero-order valence-corrected chi connectivity index (χ0v) is 19.5. The maximum atomic E-state index is 13.3. The average molecular weight is 527 g/mol. The molecule has 166 valence electrons.